The Hall–Kier alpha value is -3.28. The van der Waals surface area contributed by atoms with Gasteiger partial charge in [0, 0.05) is 17.7 Å². The van der Waals surface area contributed by atoms with Crippen molar-refractivity contribution in [2.75, 3.05) is 13.2 Å². The Bertz CT molecular complexity index is 1040. The molecule has 1 amide bonds. The van der Waals surface area contributed by atoms with Crippen LogP contribution in [-0.4, -0.2) is 39.3 Å². The minimum Gasteiger partial charge on any atom is -0.507 e. The number of hydrogen-bond donors (Lipinski definition) is 2. The maximum absolute atomic E-state index is 13.2. The molecule has 156 valence electrons. The van der Waals surface area contributed by atoms with Crippen LogP contribution in [0.5, 0.6) is 11.5 Å². The number of nitrogens with zero attached hydrogens (tertiary/aromatic N) is 2. The second kappa shape index (κ2) is 8.61. The predicted molar refractivity (Wildman–Crippen MR) is 116 cm³/mol. The van der Waals surface area contributed by atoms with Crippen LogP contribution in [0.2, 0.25) is 0 Å². The Kier molecular flexibility index (Phi) is 5.74. The van der Waals surface area contributed by atoms with Crippen LogP contribution in [-0.2, 0) is 0 Å². The van der Waals surface area contributed by atoms with Crippen LogP contribution < -0.4 is 4.74 Å². The topological polar surface area (TPSA) is 78.5 Å². The number of unbranched alkanes of at least 4 members (excludes halogenated alkanes) is 1. The molecule has 3 aromatic rings. The largest absolute Gasteiger partial charge is 0.507 e. The van der Waals surface area contributed by atoms with Crippen molar-refractivity contribution < 1.29 is 14.6 Å². The number of rotatable bonds is 8. The molecule has 4 rings (SSSR count). The molecule has 1 atom stereocenters. The van der Waals surface area contributed by atoms with E-state index in [9.17, 15) is 9.90 Å². The van der Waals surface area contributed by atoms with Crippen LogP contribution in [0.4, 0.5) is 0 Å². The van der Waals surface area contributed by atoms with Gasteiger partial charge in [0.15, 0.2) is 0 Å². The van der Waals surface area contributed by atoms with Gasteiger partial charge in [-0.2, -0.15) is 5.10 Å². The van der Waals surface area contributed by atoms with Gasteiger partial charge in [-0.25, -0.2) is 0 Å². The molecule has 1 aliphatic heterocycles. The van der Waals surface area contributed by atoms with Crippen molar-refractivity contribution in [3.8, 4) is 22.8 Å². The first-order chi connectivity index (χ1) is 14.7. The molecule has 2 heterocycles. The fourth-order valence-electron chi connectivity index (χ4n) is 4.00. The summed E-state index contributed by atoms with van der Waals surface area (Å²) in [6.45, 7) is 5.49. The SMILES string of the molecule is CCCCOc1cccc([C@H]2c3c(-c4ccccc4O)n[nH]c3C(=O)N2CCC)c1. The Labute approximate surface area is 176 Å². The number of phenolic OH excluding ortho intramolecular Hbond substituents is 1. The zero-order valence-corrected chi connectivity index (χ0v) is 17.4. The highest BCUT2D eigenvalue weighted by molar-refractivity contribution is 6.00. The van der Waals surface area contributed by atoms with Crippen LogP contribution in [0, 0.1) is 0 Å². The van der Waals surface area contributed by atoms with Gasteiger partial charge >= 0.3 is 0 Å². The molecule has 0 saturated heterocycles. The summed E-state index contributed by atoms with van der Waals surface area (Å²) < 4.78 is 5.91. The summed E-state index contributed by atoms with van der Waals surface area (Å²) in [5.74, 6) is 0.873. The zero-order chi connectivity index (χ0) is 21.1. The van der Waals surface area contributed by atoms with Crippen LogP contribution in [0.1, 0.15) is 60.8 Å². The summed E-state index contributed by atoms with van der Waals surface area (Å²) >= 11 is 0. The highest BCUT2D eigenvalue weighted by Crippen LogP contribution is 2.44. The number of hydrogen-bond acceptors (Lipinski definition) is 4. The lowest BCUT2D eigenvalue weighted by Crippen LogP contribution is -2.30. The van der Waals surface area contributed by atoms with E-state index in [4.69, 9.17) is 4.74 Å². The van der Waals surface area contributed by atoms with Crippen molar-refractivity contribution in [2.24, 2.45) is 0 Å². The van der Waals surface area contributed by atoms with Crippen LogP contribution >= 0.6 is 0 Å². The van der Waals surface area contributed by atoms with Crippen LogP contribution in [0.15, 0.2) is 48.5 Å². The third-order valence-electron chi connectivity index (χ3n) is 5.43. The predicted octanol–water partition coefficient (Wildman–Crippen LogP) is 4.92. The molecule has 1 aromatic heterocycles. The smallest absolute Gasteiger partial charge is 0.273 e. The number of aromatic hydroxyl groups is 1. The van der Waals surface area contributed by atoms with E-state index in [1.54, 1.807) is 12.1 Å². The third kappa shape index (κ3) is 3.54. The number of H-pyrrole nitrogens is 1. The van der Waals surface area contributed by atoms with E-state index in [1.807, 2.05) is 41.3 Å². The van der Waals surface area contributed by atoms with Gasteiger partial charge in [0.05, 0.1) is 12.6 Å². The average Bonchev–Trinajstić information content (AvgIpc) is 3.29. The Morgan fingerprint density at radius 1 is 1.13 bits per heavy atom. The number of ether oxygens (including phenoxy) is 1. The molecule has 0 unspecified atom stereocenters. The highest BCUT2D eigenvalue weighted by atomic mass is 16.5. The van der Waals surface area contributed by atoms with Gasteiger partial charge in [0.2, 0.25) is 0 Å². The zero-order valence-electron chi connectivity index (χ0n) is 17.4. The molecule has 2 N–H and O–H groups in total. The highest BCUT2D eigenvalue weighted by Gasteiger charge is 2.42. The molecule has 0 bridgehead atoms. The standard InChI is InChI=1S/C24H27N3O3/c1-3-5-14-30-17-10-8-9-16(15-17)23-20-21(18-11-6-7-12-19(18)28)25-26-22(20)24(29)27(23)13-4-2/h6-12,15,23,28H,3-5,13-14H2,1-2H3,(H,25,26)/t23-/m0/s1. The molecular formula is C24H27N3O3. The number of amides is 1. The number of carbonyl (C=O) groups is 1. The normalized spacial score (nSPS) is 15.5. The van der Waals surface area contributed by atoms with Crippen molar-refractivity contribution in [1.82, 2.24) is 15.1 Å². The molecule has 0 aliphatic carbocycles. The summed E-state index contributed by atoms with van der Waals surface area (Å²) in [5.41, 5.74) is 3.49. The molecule has 0 saturated carbocycles. The quantitative estimate of drug-likeness (QED) is 0.522. The number of aromatic nitrogens is 2. The van der Waals surface area contributed by atoms with Crippen LogP contribution in [0.25, 0.3) is 11.3 Å². The van der Waals surface area contributed by atoms with Gasteiger partial charge in [-0.15, -0.1) is 0 Å². The summed E-state index contributed by atoms with van der Waals surface area (Å²) in [7, 11) is 0. The van der Waals surface area contributed by atoms with Crippen LogP contribution in [0.3, 0.4) is 0 Å². The second-order valence-electron chi connectivity index (χ2n) is 7.55. The van der Waals surface area contributed by atoms with E-state index in [0.29, 0.717) is 30.1 Å². The Balaban J connectivity index is 1.80. The Morgan fingerprint density at radius 3 is 2.73 bits per heavy atom. The fraction of sp³-hybridized carbons (Fsp3) is 0.333. The second-order valence-corrected chi connectivity index (χ2v) is 7.55. The summed E-state index contributed by atoms with van der Waals surface area (Å²) in [4.78, 5) is 15.0. The van der Waals surface area contributed by atoms with Gasteiger partial charge in [0.25, 0.3) is 5.91 Å². The number of nitrogens with one attached hydrogen (secondary N) is 1. The number of para-hydroxylation sites is 1. The first-order valence-corrected chi connectivity index (χ1v) is 10.6. The van der Waals surface area contributed by atoms with E-state index in [1.165, 1.54) is 0 Å². The minimum absolute atomic E-state index is 0.0664. The molecule has 6 heteroatoms. The molecule has 1 aliphatic rings. The van der Waals surface area contributed by atoms with Gasteiger partial charge < -0.3 is 14.7 Å². The van der Waals surface area contributed by atoms with Gasteiger partial charge in [-0.05, 0) is 42.7 Å². The van der Waals surface area contributed by atoms with Crippen molar-refractivity contribution in [1.29, 1.82) is 0 Å². The summed E-state index contributed by atoms with van der Waals surface area (Å²) in [5, 5.41) is 17.7. The summed E-state index contributed by atoms with van der Waals surface area (Å²) in [6, 6.07) is 14.7. The van der Waals surface area contributed by atoms with Crippen molar-refractivity contribution in [3.05, 3.63) is 65.4 Å². The monoisotopic (exact) mass is 405 g/mol. The maximum Gasteiger partial charge on any atom is 0.273 e. The lowest BCUT2D eigenvalue weighted by molar-refractivity contribution is 0.0743. The van der Waals surface area contributed by atoms with Gasteiger partial charge in [-0.1, -0.05) is 44.5 Å². The molecule has 2 aromatic carbocycles. The van der Waals surface area contributed by atoms with Gasteiger partial charge in [-0.3, -0.25) is 9.89 Å². The number of phenols is 1. The molecule has 0 spiro atoms. The van der Waals surface area contributed by atoms with E-state index >= 15 is 0 Å². The molecule has 0 radical (unpaired) electrons. The van der Waals surface area contributed by atoms with E-state index in [0.717, 1.165) is 36.1 Å². The molecular weight excluding hydrogens is 378 g/mol. The van der Waals surface area contributed by atoms with Crippen molar-refractivity contribution in [2.45, 2.75) is 39.2 Å². The number of carbonyl (C=O) groups excluding carboxylic acids is 1. The van der Waals surface area contributed by atoms with E-state index in [2.05, 4.69) is 24.0 Å². The molecule has 6 nitrogen and oxygen atoms in total. The van der Waals surface area contributed by atoms with Gasteiger partial charge in [0.1, 0.15) is 22.9 Å². The van der Waals surface area contributed by atoms with Crippen molar-refractivity contribution in [3.63, 3.8) is 0 Å². The fourth-order valence-corrected chi connectivity index (χ4v) is 4.00. The first kappa shape index (κ1) is 20.0. The maximum atomic E-state index is 13.2. The molecule has 0 fully saturated rings. The number of benzene rings is 2. The lowest BCUT2D eigenvalue weighted by Gasteiger charge is -2.26. The number of aromatic amines is 1. The average molecular weight is 405 g/mol. The third-order valence-corrected chi connectivity index (χ3v) is 5.43. The first-order valence-electron chi connectivity index (χ1n) is 10.6. The van der Waals surface area contributed by atoms with E-state index < -0.39 is 0 Å². The van der Waals surface area contributed by atoms with Crippen molar-refractivity contribution >= 4 is 5.91 Å². The lowest BCUT2D eigenvalue weighted by atomic mass is 9.95. The molecule has 30 heavy (non-hydrogen) atoms. The summed E-state index contributed by atoms with van der Waals surface area (Å²) in [6.07, 6.45) is 2.92. The Morgan fingerprint density at radius 2 is 1.97 bits per heavy atom. The minimum atomic E-state index is -0.282. The number of fused-ring (bicyclic) bond motifs is 1. The van der Waals surface area contributed by atoms with E-state index in [-0.39, 0.29) is 17.7 Å².